The van der Waals surface area contributed by atoms with Crippen molar-refractivity contribution in [2.45, 2.75) is 59.8 Å². The highest BCUT2D eigenvalue weighted by Gasteiger charge is 2.22. The molecule has 0 fully saturated rings. The van der Waals surface area contributed by atoms with E-state index < -0.39 is 5.97 Å². The maximum Gasteiger partial charge on any atom is 0.313 e. The number of rotatable bonds is 11. The van der Waals surface area contributed by atoms with E-state index >= 15 is 0 Å². The lowest BCUT2D eigenvalue weighted by Gasteiger charge is -2.17. The molecule has 0 bridgehead atoms. The van der Waals surface area contributed by atoms with Crippen LogP contribution in [0, 0.1) is 17.8 Å². The van der Waals surface area contributed by atoms with Crippen LogP contribution in [0.3, 0.4) is 0 Å². The fourth-order valence-electron chi connectivity index (χ4n) is 2.02. The fraction of sp³-hybridized carbons (Fsp3) is 0.765. The molecule has 0 radical (unpaired) electrons. The summed E-state index contributed by atoms with van der Waals surface area (Å²) >= 11 is 0. The molecule has 0 atom stereocenters. The van der Waals surface area contributed by atoms with E-state index in [-0.39, 0.29) is 24.7 Å². The smallest absolute Gasteiger partial charge is 0.313 e. The van der Waals surface area contributed by atoms with E-state index in [0.717, 1.165) is 25.7 Å². The lowest BCUT2D eigenvalue weighted by Crippen LogP contribution is -2.21. The van der Waals surface area contributed by atoms with Gasteiger partial charge in [0.25, 0.3) is 0 Å². The van der Waals surface area contributed by atoms with Crippen molar-refractivity contribution in [2.75, 3.05) is 6.61 Å². The average Bonchev–Trinajstić information content (AvgIpc) is 2.35. The van der Waals surface area contributed by atoms with Crippen LogP contribution in [0.25, 0.3) is 0 Å². The third kappa shape index (κ3) is 9.76. The summed E-state index contributed by atoms with van der Waals surface area (Å²) in [7, 11) is 0. The number of esters is 1. The lowest BCUT2D eigenvalue weighted by atomic mass is 9.87. The van der Waals surface area contributed by atoms with Crippen LogP contribution in [-0.2, 0) is 14.3 Å². The van der Waals surface area contributed by atoms with Gasteiger partial charge in [0.15, 0.2) is 0 Å². The van der Waals surface area contributed by atoms with Gasteiger partial charge >= 0.3 is 5.97 Å². The normalized spacial score (nSPS) is 11.2. The van der Waals surface area contributed by atoms with Gasteiger partial charge in [-0.25, -0.2) is 0 Å². The Labute approximate surface area is 123 Å². The zero-order valence-electron chi connectivity index (χ0n) is 13.5. The second-order valence-electron chi connectivity index (χ2n) is 6.25. The minimum atomic E-state index is -0.436. The van der Waals surface area contributed by atoms with Crippen LogP contribution < -0.4 is 0 Å². The quantitative estimate of drug-likeness (QED) is 0.324. The van der Waals surface area contributed by atoms with Gasteiger partial charge in [0.05, 0.1) is 0 Å². The predicted octanol–water partition coefficient (Wildman–Crippen LogP) is 4.16. The van der Waals surface area contributed by atoms with Crippen LogP contribution in [-0.4, -0.2) is 18.4 Å². The number of Topliss-reactive ketones (excluding diaryl/α,β-unsaturated/α-hetero) is 1. The molecule has 0 aromatic rings. The molecule has 0 heterocycles. The molecule has 20 heavy (non-hydrogen) atoms. The molecular weight excluding hydrogens is 252 g/mol. The number of ketones is 1. The Morgan fingerprint density at radius 1 is 1.00 bits per heavy atom. The molecule has 0 saturated heterocycles. The molecule has 3 heteroatoms. The first-order chi connectivity index (χ1) is 9.36. The van der Waals surface area contributed by atoms with Crippen molar-refractivity contribution in [1.29, 1.82) is 0 Å². The molecule has 116 valence electrons. The maximum atomic E-state index is 12.2. The van der Waals surface area contributed by atoms with E-state index in [4.69, 9.17) is 4.74 Å². The Morgan fingerprint density at radius 2 is 1.50 bits per heavy atom. The van der Waals surface area contributed by atoms with Gasteiger partial charge in [0, 0.05) is 5.92 Å². The van der Waals surface area contributed by atoms with Crippen LogP contribution >= 0.6 is 0 Å². The SMILES string of the molecule is C=CCOC(=O)CC(=O)C(CCC(C)C)CCC(C)C. The van der Waals surface area contributed by atoms with Gasteiger partial charge in [-0.1, -0.05) is 53.2 Å². The topological polar surface area (TPSA) is 43.4 Å². The van der Waals surface area contributed by atoms with Crippen LogP contribution in [0.15, 0.2) is 12.7 Å². The predicted molar refractivity (Wildman–Crippen MR) is 82.4 cm³/mol. The van der Waals surface area contributed by atoms with Crippen molar-refractivity contribution in [1.82, 2.24) is 0 Å². The van der Waals surface area contributed by atoms with Crippen LogP contribution in [0.2, 0.25) is 0 Å². The van der Waals surface area contributed by atoms with Gasteiger partial charge < -0.3 is 4.74 Å². The van der Waals surface area contributed by atoms with Crippen molar-refractivity contribution in [3.8, 4) is 0 Å². The van der Waals surface area contributed by atoms with Crippen molar-refractivity contribution in [2.24, 2.45) is 17.8 Å². The van der Waals surface area contributed by atoms with Crippen LogP contribution in [0.4, 0.5) is 0 Å². The Morgan fingerprint density at radius 3 is 1.90 bits per heavy atom. The second kappa shape index (κ2) is 10.6. The van der Waals surface area contributed by atoms with E-state index in [2.05, 4.69) is 34.3 Å². The number of carbonyl (C=O) groups excluding carboxylic acids is 2. The molecular formula is C17H30O3. The largest absolute Gasteiger partial charge is 0.461 e. The Hall–Kier alpha value is -1.12. The summed E-state index contributed by atoms with van der Waals surface area (Å²) in [4.78, 5) is 23.7. The number of ether oxygens (including phenoxy) is 1. The highest BCUT2D eigenvalue weighted by molar-refractivity contribution is 5.96. The highest BCUT2D eigenvalue weighted by Crippen LogP contribution is 2.22. The Kier molecular flexibility index (Phi) is 10.0. The summed E-state index contributed by atoms with van der Waals surface area (Å²) in [6.45, 7) is 12.3. The Balaban J connectivity index is 4.37. The molecule has 0 aliphatic rings. The number of hydrogen-bond donors (Lipinski definition) is 0. The zero-order chi connectivity index (χ0) is 15.5. The molecule has 0 N–H and O–H groups in total. The van der Waals surface area contributed by atoms with Gasteiger partial charge in [-0.15, -0.1) is 0 Å². The molecule has 0 aliphatic heterocycles. The summed E-state index contributed by atoms with van der Waals surface area (Å²) in [6, 6.07) is 0. The number of hydrogen-bond acceptors (Lipinski definition) is 3. The average molecular weight is 282 g/mol. The van der Waals surface area contributed by atoms with Gasteiger partial charge in [-0.3, -0.25) is 9.59 Å². The van der Waals surface area contributed by atoms with Crippen molar-refractivity contribution < 1.29 is 14.3 Å². The third-order valence-corrected chi connectivity index (χ3v) is 3.32. The first kappa shape index (κ1) is 18.9. The van der Waals surface area contributed by atoms with Crippen molar-refractivity contribution >= 4 is 11.8 Å². The van der Waals surface area contributed by atoms with E-state index in [0.29, 0.717) is 11.8 Å². The van der Waals surface area contributed by atoms with Gasteiger partial charge in [0.2, 0.25) is 0 Å². The minimum absolute atomic E-state index is 0.00363. The van der Waals surface area contributed by atoms with Crippen LogP contribution in [0.5, 0.6) is 0 Å². The van der Waals surface area contributed by atoms with E-state index in [1.807, 2.05) is 0 Å². The third-order valence-electron chi connectivity index (χ3n) is 3.32. The minimum Gasteiger partial charge on any atom is -0.461 e. The molecule has 0 saturated carbocycles. The second-order valence-corrected chi connectivity index (χ2v) is 6.25. The number of carbonyl (C=O) groups is 2. The van der Waals surface area contributed by atoms with Crippen molar-refractivity contribution in [3.63, 3.8) is 0 Å². The van der Waals surface area contributed by atoms with Crippen molar-refractivity contribution in [3.05, 3.63) is 12.7 Å². The van der Waals surface area contributed by atoms with Gasteiger partial charge in [-0.2, -0.15) is 0 Å². The summed E-state index contributed by atoms with van der Waals surface area (Å²) in [5, 5.41) is 0. The molecule has 0 spiro atoms. The summed E-state index contributed by atoms with van der Waals surface area (Å²) in [5.74, 6) is 0.750. The molecule has 0 aliphatic carbocycles. The summed E-state index contributed by atoms with van der Waals surface area (Å²) < 4.78 is 4.89. The molecule has 0 aromatic heterocycles. The van der Waals surface area contributed by atoms with Crippen LogP contribution in [0.1, 0.15) is 59.8 Å². The van der Waals surface area contributed by atoms with Gasteiger partial charge in [-0.05, 0) is 24.7 Å². The first-order valence-electron chi connectivity index (χ1n) is 7.66. The van der Waals surface area contributed by atoms with E-state index in [1.165, 1.54) is 6.08 Å². The molecule has 0 amide bonds. The Bertz CT molecular complexity index is 293. The first-order valence-corrected chi connectivity index (χ1v) is 7.66. The highest BCUT2D eigenvalue weighted by atomic mass is 16.5. The molecule has 0 rings (SSSR count). The van der Waals surface area contributed by atoms with E-state index in [1.54, 1.807) is 0 Å². The molecule has 3 nitrogen and oxygen atoms in total. The van der Waals surface area contributed by atoms with E-state index in [9.17, 15) is 9.59 Å². The summed E-state index contributed by atoms with van der Waals surface area (Å²) in [5.41, 5.74) is 0. The fourth-order valence-corrected chi connectivity index (χ4v) is 2.02. The zero-order valence-corrected chi connectivity index (χ0v) is 13.5. The van der Waals surface area contributed by atoms with Gasteiger partial charge in [0.1, 0.15) is 18.8 Å². The monoisotopic (exact) mass is 282 g/mol. The lowest BCUT2D eigenvalue weighted by molar-refractivity contribution is -0.145. The molecule has 0 aromatic carbocycles. The summed E-state index contributed by atoms with van der Waals surface area (Å²) in [6.07, 6.45) is 5.20. The maximum absolute atomic E-state index is 12.2. The molecule has 0 unspecified atom stereocenters. The standard InChI is InChI=1S/C17H30O3/c1-6-11-20-17(19)12-16(18)15(9-7-13(2)3)10-8-14(4)5/h6,13-15H,1,7-12H2,2-5H3.